The van der Waals surface area contributed by atoms with Crippen molar-refractivity contribution >= 4 is 89.8 Å². The number of rotatable bonds is 6. The zero-order valence-corrected chi connectivity index (χ0v) is 34.1. The van der Waals surface area contributed by atoms with Gasteiger partial charge in [-0.25, -0.2) is 14.4 Å². The minimum absolute atomic E-state index is 0.0677. The van der Waals surface area contributed by atoms with Crippen LogP contribution in [0.15, 0.2) is 30.9 Å². The standard InChI is InChI=1S/C18H23BrN2O2S.C17H22BrNO5S/c1-11-8-15(24-16(11)19)12-9-13(20-10-12)14-6-5-7-21(14)17(22)23-18(2,3)4;1-10-8-13(25-14(10)18)12(20)9-23-15(21)11-6-5-7-19(11)16(22)24-17(2,3)4/h8,10,14H,5-7,9H2,1-4H3;8,11H,5-7,9H2,1-4H3/t14-;11-/m00/s1. The molecule has 0 aromatic carbocycles. The summed E-state index contributed by atoms with van der Waals surface area (Å²) in [6.45, 7) is 15.9. The van der Waals surface area contributed by atoms with Gasteiger partial charge in [0.15, 0.2) is 6.61 Å². The Morgan fingerprint density at radius 2 is 1.43 bits per heavy atom. The van der Waals surface area contributed by atoms with Gasteiger partial charge in [0.2, 0.25) is 5.78 Å². The van der Waals surface area contributed by atoms with Crippen molar-refractivity contribution in [1.82, 2.24) is 9.80 Å². The van der Waals surface area contributed by atoms with E-state index in [9.17, 15) is 19.2 Å². The third kappa shape index (κ3) is 10.7. The number of hydrogen-bond donors (Lipinski definition) is 0. The number of allylic oxidation sites excluding steroid dienone is 1. The van der Waals surface area contributed by atoms with Gasteiger partial charge in [-0.1, -0.05) is 0 Å². The molecule has 3 aliphatic heterocycles. The highest BCUT2D eigenvalue weighted by molar-refractivity contribution is 9.11. The topological polar surface area (TPSA) is 115 Å². The molecule has 49 heavy (non-hydrogen) atoms. The van der Waals surface area contributed by atoms with Crippen molar-refractivity contribution in [3.63, 3.8) is 0 Å². The Morgan fingerprint density at radius 3 is 2.00 bits per heavy atom. The predicted molar refractivity (Wildman–Crippen MR) is 201 cm³/mol. The van der Waals surface area contributed by atoms with Gasteiger partial charge in [-0.15, -0.1) is 22.7 Å². The number of aryl methyl sites for hydroxylation is 2. The van der Waals surface area contributed by atoms with Crippen LogP contribution in [-0.2, 0) is 19.0 Å². The van der Waals surface area contributed by atoms with Gasteiger partial charge in [-0.05, 0) is 142 Å². The second-order valence-corrected chi connectivity index (χ2v) is 19.0. The average molecular weight is 844 g/mol. The first kappa shape index (κ1) is 39.2. The van der Waals surface area contributed by atoms with Gasteiger partial charge in [0, 0.05) is 36.3 Å². The molecule has 0 saturated carbocycles. The van der Waals surface area contributed by atoms with E-state index in [2.05, 4.69) is 49.8 Å². The third-order valence-corrected chi connectivity index (χ3v) is 12.2. The van der Waals surface area contributed by atoms with E-state index in [1.54, 1.807) is 38.2 Å². The molecule has 0 aliphatic carbocycles. The fourth-order valence-corrected chi connectivity index (χ4v) is 8.53. The zero-order chi connectivity index (χ0) is 36.3. The zero-order valence-electron chi connectivity index (χ0n) is 29.3. The summed E-state index contributed by atoms with van der Waals surface area (Å²) < 4.78 is 18.1. The number of halogens is 2. The van der Waals surface area contributed by atoms with Gasteiger partial charge in [0.25, 0.3) is 0 Å². The second kappa shape index (κ2) is 16.2. The molecule has 14 heteroatoms. The minimum atomic E-state index is -0.695. The first-order valence-electron chi connectivity index (χ1n) is 16.3. The molecule has 2 atom stereocenters. The van der Waals surface area contributed by atoms with Crippen molar-refractivity contribution in [1.29, 1.82) is 0 Å². The van der Waals surface area contributed by atoms with E-state index in [4.69, 9.17) is 14.2 Å². The Kier molecular flexibility index (Phi) is 13.0. The van der Waals surface area contributed by atoms with E-state index in [1.807, 2.05) is 38.8 Å². The lowest BCUT2D eigenvalue weighted by molar-refractivity contribution is -0.147. The summed E-state index contributed by atoms with van der Waals surface area (Å²) in [6.07, 6.45) is 5.19. The van der Waals surface area contributed by atoms with Crippen LogP contribution >= 0.6 is 54.5 Å². The smallest absolute Gasteiger partial charge is 0.411 e. The van der Waals surface area contributed by atoms with E-state index < -0.39 is 29.3 Å². The Hall–Kier alpha value is -2.55. The van der Waals surface area contributed by atoms with Crippen molar-refractivity contribution < 1.29 is 33.4 Å². The van der Waals surface area contributed by atoms with E-state index in [1.165, 1.54) is 36.0 Å². The van der Waals surface area contributed by atoms with Crippen LogP contribution < -0.4 is 0 Å². The molecule has 0 radical (unpaired) electrons. The molecule has 0 unspecified atom stereocenters. The molecule has 2 fully saturated rings. The minimum Gasteiger partial charge on any atom is -0.456 e. The molecule has 2 aromatic rings. The van der Waals surface area contributed by atoms with Crippen molar-refractivity contribution in [2.45, 2.75) is 111 Å². The second-order valence-electron chi connectivity index (χ2n) is 14.3. The summed E-state index contributed by atoms with van der Waals surface area (Å²) in [5, 5.41) is 0. The highest BCUT2D eigenvalue weighted by Crippen LogP contribution is 2.37. The summed E-state index contributed by atoms with van der Waals surface area (Å²) in [6, 6.07) is 3.32. The molecule has 5 rings (SSSR count). The van der Waals surface area contributed by atoms with Crippen molar-refractivity contribution in [3.05, 3.63) is 46.8 Å². The van der Waals surface area contributed by atoms with Gasteiger partial charge in [0.1, 0.15) is 17.2 Å². The van der Waals surface area contributed by atoms with Crippen LogP contribution in [0.1, 0.15) is 99.3 Å². The van der Waals surface area contributed by atoms with Crippen LogP contribution in [0.2, 0.25) is 0 Å². The molecular weight excluding hydrogens is 798 g/mol. The normalized spacial score (nSPS) is 19.2. The largest absolute Gasteiger partial charge is 0.456 e. The SMILES string of the molecule is Cc1cc(C(=O)COC(=O)[C@@H]2CCCN2C(=O)OC(C)(C)C)sc1Br.Cc1cc(C2=CN=C([C@@H]3CCCN3C(=O)OC(C)(C)C)C2)sc1Br. The van der Waals surface area contributed by atoms with Gasteiger partial charge in [0.05, 0.1) is 18.5 Å². The van der Waals surface area contributed by atoms with Gasteiger partial charge in [-0.2, -0.15) is 0 Å². The molecular formula is C35H45Br2N3O7S2. The maximum atomic E-state index is 12.5. The lowest BCUT2D eigenvalue weighted by Crippen LogP contribution is -2.44. The Morgan fingerprint density at radius 1 is 0.857 bits per heavy atom. The number of likely N-dealkylation sites (tertiary alicyclic amines) is 2. The van der Waals surface area contributed by atoms with Gasteiger partial charge >= 0.3 is 18.2 Å². The molecule has 0 bridgehead atoms. The van der Waals surface area contributed by atoms with E-state index in [0.717, 1.165) is 40.9 Å². The Bertz CT molecular complexity index is 1590. The van der Waals surface area contributed by atoms with Crippen molar-refractivity contribution in [2.24, 2.45) is 4.99 Å². The maximum Gasteiger partial charge on any atom is 0.411 e. The summed E-state index contributed by atoms with van der Waals surface area (Å²) >= 11 is 10.0. The number of amides is 2. The highest BCUT2D eigenvalue weighted by Gasteiger charge is 2.38. The molecule has 0 N–H and O–H groups in total. The highest BCUT2D eigenvalue weighted by atomic mass is 79.9. The lowest BCUT2D eigenvalue weighted by Gasteiger charge is -2.28. The Labute approximate surface area is 313 Å². The summed E-state index contributed by atoms with van der Waals surface area (Å²) in [7, 11) is 0. The number of hydrogen-bond acceptors (Lipinski definition) is 10. The number of carbonyl (C=O) groups excluding carboxylic acids is 4. The number of Topliss-reactive ketones (excluding diaryl/α,β-unsaturated/α-hetero) is 1. The Balaban J connectivity index is 0.000000221. The first-order chi connectivity index (χ1) is 22.8. The maximum absolute atomic E-state index is 12.5. The quantitative estimate of drug-likeness (QED) is 0.162. The van der Waals surface area contributed by atoms with Crippen LogP contribution in [0.3, 0.4) is 0 Å². The average Bonchev–Trinajstić information content (AvgIpc) is 3.82. The van der Waals surface area contributed by atoms with E-state index in [-0.39, 0.29) is 24.5 Å². The van der Waals surface area contributed by atoms with Gasteiger partial charge in [-0.3, -0.25) is 19.6 Å². The number of ketones is 1. The monoisotopic (exact) mass is 841 g/mol. The van der Waals surface area contributed by atoms with Crippen molar-refractivity contribution in [2.75, 3.05) is 19.7 Å². The third-order valence-electron chi connectivity index (χ3n) is 7.83. The number of ether oxygens (including phenoxy) is 3. The summed E-state index contributed by atoms with van der Waals surface area (Å²) in [4.78, 5) is 58.7. The molecule has 2 saturated heterocycles. The number of esters is 1. The van der Waals surface area contributed by atoms with Crippen LogP contribution in [0.25, 0.3) is 5.57 Å². The van der Waals surface area contributed by atoms with Crippen LogP contribution in [0.5, 0.6) is 0 Å². The molecule has 3 aliphatic rings. The molecule has 2 amide bonds. The molecule has 5 heterocycles. The molecule has 10 nitrogen and oxygen atoms in total. The number of carbonyl (C=O) groups is 4. The van der Waals surface area contributed by atoms with Gasteiger partial charge < -0.3 is 14.2 Å². The fraction of sp³-hybridized carbons (Fsp3) is 0.571. The number of thiophene rings is 2. The summed E-state index contributed by atoms with van der Waals surface area (Å²) in [5.74, 6) is -0.821. The van der Waals surface area contributed by atoms with Crippen LogP contribution in [-0.4, -0.2) is 82.4 Å². The lowest BCUT2D eigenvalue weighted by atomic mass is 10.0. The van der Waals surface area contributed by atoms with E-state index in [0.29, 0.717) is 24.3 Å². The summed E-state index contributed by atoms with van der Waals surface area (Å²) in [5.41, 5.74) is 3.43. The predicted octanol–water partition coefficient (Wildman–Crippen LogP) is 9.35. The van der Waals surface area contributed by atoms with Crippen molar-refractivity contribution in [3.8, 4) is 0 Å². The first-order valence-corrected chi connectivity index (χ1v) is 19.5. The number of nitrogens with zero attached hydrogens (tertiary/aromatic N) is 3. The molecule has 0 spiro atoms. The molecule has 268 valence electrons. The van der Waals surface area contributed by atoms with E-state index >= 15 is 0 Å². The van der Waals surface area contributed by atoms with Crippen LogP contribution in [0.4, 0.5) is 9.59 Å². The molecule has 2 aromatic heterocycles. The fourth-order valence-electron chi connectivity index (χ4n) is 5.52. The number of aliphatic imine (C=N–C) groups is 1. The van der Waals surface area contributed by atoms with Crippen LogP contribution in [0, 0.1) is 13.8 Å².